The molecule has 0 bridgehead atoms. The molecule has 0 aliphatic rings. The largest absolute Gasteiger partial charge is 0.426 e. The van der Waals surface area contributed by atoms with Crippen LogP contribution in [-0.4, -0.2) is 12.1 Å². The van der Waals surface area contributed by atoms with Crippen LogP contribution in [0.3, 0.4) is 0 Å². The van der Waals surface area contributed by atoms with Gasteiger partial charge >= 0.3 is 12.1 Å². The third kappa shape index (κ3) is 4.54. The first-order valence-corrected chi connectivity index (χ1v) is 6.21. The minimum atomic E-state index is -4.65. The van der Waals surface area contributed by atoms with Gasteiger partial charge in [0.1, 0.15) is 5.03 Å². The summed E-state index contributed by atoms with van der Waals surface area (Å²) in [4.78, 5) is 11.0. The van der Waals surface area contributed by atoms with Crippen LogP contribution in [0.2, 0.25) is 0 Å². The second-order valence-corrected chi connectivity index (χ2v) is 5.01. The number of hydrogen-bond donors (Lipinski definition) is 0. The molecule has 2 nitrogen and oxygen atoms in total. The normalized spacial score (nSPS) is 12.5. The maximum Gasteiger partial charge on any atom is 0.426 e. The molecule has 0 atom stereocenters. The Kier molecular flexibility index (Phi) is 5.04. The van der Waals surface area contributed by atoms with E-state index in [1.54, 1.807) is 13.0 Å². The number of esters is 1. The Labute approximate surface area is 121 Å². The monoisotopic (exact) mass is 356 g/mol. The average Bonchev–Trinajstić information content (AvgIpc) is 2.21. The van der Waals surface area contributed by atoms with E-state index in [4.69, 9.17) is 16.3 Å². The number of alkyl halides is 3. The van der Waals surface area contributed by atoms with Crippen LogP contribution in [0.5, 0.6) is 5.75 Å². The second kappa shape index (κ2) is 5.96. The van der Waals surface area contributed by atoms with Crippen LogP contribution in [0.1, 0.15) is 18.1 Å². The van der Waals surface area contributed by atoms with Crippen molar-refractivity contribution < 1.29 is 22.7 Å². The van der Waals surface area contributed by atoms with Gasteiger partial charge in [0, 0.05) is 12.5 Å². The molecule has 0 saturated heterocycles. The van der Waals surface area contributed by atoms with Gasteiger partial charge in [-0.3, -0.25) is 4.79 Å². The quantitative estimate of drug-likeness (QED) is 0.560. The first kappa shape index (κ1) is 16.0. The summed E-state index contributed by atoms with van der Waals surface area (Å²) in [5, 5.41) is -1.29. The maximum atomic E-state index is 12.4. The highest BCUT2D eigenvalue weighted by Gasteiger charge is 2.32. The highest BCUT2D eigenvalue weighted by atomic mass is 79.9. The number of hydrogen-bond acceptors (Lipinski definition) is 2. The number of aryl methyl sites for hydroxylation is 1. The van der Waals surface area contributed by atoms with E-state index in [-0.39, 0.29) is 11.3 Å². The molecular formula is C12H9BrClF3O2. The number of rotatable bonds is 2. The van der Waals surface area contributed by atoms with E-state index in [9.17, 15) is 18.0 Å². The maximum absolute atomic E-state index is 12.4. The third-order valence-electron chi connectivity index (χ3n) is 2.02. The van der Waals surface area contributed by atoms with Crippen LogP contribution < -0.4 is 4.74 Å². The fourth-order valence-electron chi connectivity index (χ4n) is 1.33. The fourth-order valence-corrected chi connectivity index (χ4v) is 2.12. The van der Waals surface area contributed by atoms with Crippen LogP contribution in [-0.2, 0) is 4.79 Å². The number of carbonyl (C=O) groups excluding carboxylic acids is 1. The van der Waals surface area contributed by atoms with Crippen LogP contribution in [0, 0.1) is 6.92 Å². The Morgan fingerprint density at radius 1 is 1.42 bits per heavy atom. The topological polar surface area (TPSA) is 26.3 Å². The SMILES string of the molecule is CC(=O)Oc1c(Br)cc(C)cc1C=C(Cl)C(F)(F)F. The summed E-state index contributed by atoms with van der Waals surface area (Å²) in [5.41, 5.74) is 0.769. The number of ether oxygens (including phenoxy) is 1. The molecule has 0 aromatic heterocycles. The molecule has 0 unspecified atom stereocenters. The zero-order chi connectivity index (χ0) is 14.8. The van der Waals surface area contributed by atoms with Crippen molar-refractivity contribution in [1.29, 1.82) is 0 Å². The standard InChI is InChI=1S/C12H9BrClF3O2/c1-6-3-8(5-10(14)12(15,16)17)11(9(13)4-6)19-7(2)18/h3-5H,1-2H3. The van der Waals surface area contributed by atoms with Gasteiger partial charge in [0.25, 0.3) is 0 Å². The first-order valence-electron chi connectivity index (χ1n) is 5.04. The van der Waals surface area contributed by atoms with Gasteiger partial charge in [0.05, 0.1) is 4.47 Å². The molecule has 1 aromatic rings. The van der Waals surface area contributed by atoms with Crippen LogP contribution in [0.15, 0.2) is 21.6 Å². The Morgan fingerprint density at radius 2 is 2.00 bits per heavy atom. The smallest absolute Gasteiger partial charge is 0.425 e. The zero-order valence-electron chi connectivity index (χ0n) is 9.94. The minimum absolute atomic E-state index is 0.000463. The Morgan fingerprint density at radius 3 is 2.47 bits per heavy atom. The van der Waals surface area contributed by atoms with Crippen molar-refractivity contribution in [2.75, 3.05) is 0 Å². The van der Waals surface area contributed by atoms with Crippen molar-refractivity contribution >= 4 is 39.6 Å². The van der Waals surface area contributed by atoms with Gasteiger partial charge in [0.2, 0.25) is 0 Å². The Balaban J connectivity index is 3.37. The molecule has 0 aliphatic carbocycles. The lowest BCUT2D eigenvalue weighted by Crippen LogP contribution is -2.08. The summed E-state index contributed by atoms with van der Waals surface area (Å²) in [6.45, 7) is 2.85. The van der Waals surface area contributed by atoms with Crippen LogP contribution in [0.4, 0.5) is 13.2 Å². The molecule has 1 aromatic carbocycles. The van der Waals surface area contributed by atoms with Crippen molar-refractivity contribution in [2.24, 2.45) is 0 Å². The van der Waals surface area contributed by atoms with Gasteiger partial charge in [0.15, 0.2) is 5.75 Å². The van der Waals surface area contributed by atoms with Gasteiger partial charge in [-0.1, -0.05) is 11.6 Å². The van der Waals surface area contributed by atoms with Gasteiger partial charge in [-0.25, -0.2) is 0 Å². The van der Waals surface area contributed by atoms with Crippen LogP contribution in [0.25, 0.3) is 6.08 Å². The van der Waals surface area contributed by atoms with Gasteiger partial charge < -0.3 is 4.74 Å². The molecule has 0 fully saturated rings. The van der Waals surface area contributed by atoms with E-state index in [1.165, 1.54) is 6.07 Å². The summed E-state index contributed by atoms with van der Waals surface area (Å²) in [5.74, 6) is -0.636. The number of allylic oxidation sites excluding steroid dienone is 1. The average molecular weight is 358 g/mol. The Bertz CT molecular complexity index is 539. The predicted molar refractivity (Wildman–Crippen MR) is 70.1 cm³/mol. The molecule has 0 N–H and O–H groups in total. The molecule has 0 spiro atoms. The molecule has 0 heterocycles. The van der Waals surface area contributed by atoms with Crippen molar-refractivity contribution in [3.05, 3.63) is 32.8 Å². The lowest BCUT2D eigenvalue weighted by molar-refractivity contribution is -0.131. The van der Waals surface area contributed by atoms with E-state index < -0.39 is 17.2 Å². The molecule has 0 aliphatic heterocycles. The predicted octanol–water partition coefficient (Wildman–Crippen LogP) is 4.82. The van der Waals surface area contributed by atoms with Crippen LogP contribution >= 0.6 is 27.5 Å². The number of benzene rings is 1. The number of halogens is 5. The summed E-state index contributed by atoms with van der Waals surface area (Å²) >= 11 is 8.32. The summed E-state index contributed by atoms with van der Waals surface area (Å²) in [6, 6.07) is 3.06. The highest BCUT2D eigenvalue weighted by Crippen LogP contribution is 2.36. The van der Waals surface area contributed by atoms with Gasteiger partial charge in [-0.05, 0) is 46.6 Å². The molecular weight excluding hydrogens is 348 g/mol. The Hall–Kier alpha value is -1.01. The van der Waals surface area contributed by atoms with Gasteiger partial charge in [-0.15, -0.1) is 0 Å². The summed E-state index contributed by atoms with van der Waals surface area (Å²) in [7, 11) is 0. The third-order valence-corrected chi connectivity index (χ3v) is 2.93. The van der Waals surface area contributed by atoms with E-state index in [0.717, 1.165) is 13.0 Å². The summed E-state index contributed by atoms with van der Waals surface area (Å²) in [6.07, 6.45) is -3.93. The number of carbonyl (C=O) groups is 1. The molecule has 0 radical (unpaired) electrons. The molecule has 7 heteroatoms. The van der Waals surface area contributed by atoms with E-state index in [1.807, 2.05) is 0 Å². The van der Waals surface area contributed by atoms with Crippen molar-refractivity contribution in [1.82, 2.24) is 0 Å². The molecule has 1 rings (SSSR count). The lowest BCUT2D eigenvalue weighted by Gasteiger charge is -2.11. The molecule has 0 amide bonds. The molecule has 19 heavy (non-hydrogen) atoms. The molecule has 104 valence electrons. The first-order chi connectivity index (χ1) is 8.61. The highest BCUT2D eigenvalue weighted by molar-refractivity contribution is 9.10. The van der Waals surface area contributed by atoms with E-state index in [0.29, 0.717) is 10.0 Å². The van der Waals surface area contributed by atoms with Crippen molar-refractivity contribution in [3.8, 4) is 5.75 Å². The van der Waals surface area contributed by atoms with Crippen molar-refractivity contribution in [2.45, 2.75) is 20.0 Å². The second-order valence-electron chi connectivity index (χ2n) is 3.75. The molecule has 0 saturated carbocycles. The van der Waals surface area contributed by atoms with E-state index >= 15 is 0 Å². The zero-order valence-corrected chi connectivity index (χ0v) is 12.3. The fraction of sp³-hybridized carbons (Fsp3) is 0.250. The minimum Gasteiger partial charge on any atom is -0.425 e. The summed E-state index contributed by atoms with van der Waals surface area (Å²) < 4.78 is 42.5. The van der Waals surface area contributed by atoms with Gasteiger partial charge in [-0.2, -0.15) is 13.2 Å². The lowest BCUT2D eigenvalue weighted by atomic mass is 10.1. The van der Waals surface area contributed by atoms with Crippen molar-refractivity contribution in [3.63, 3.8) is 0 Å². The van der Waals surface area contributed by atoms with E-state index in [2.05, 4.69) is 15.9 Å².